The summed E-state index contributed by atoms with van der Waals surface area (Å²) in [5.74, 6) is 0.885. The average molecular weight is 441 g/mol. The van der Waals surface area contributed by atoms with Crippen molar-refractivity contribution in [2.75, 3.05) is 30.8 Å². The van der Waals surface area contributed by atoms with E-state index >= 15 is 0 Å². The molecule has 1 amide bonds. The number of benzene rings is 2. The van der Waals surface area contributed by atoms with Gasteiger partial charge in [-0.1, -0.05) is 24.6 Å². The number of amides is 1. The van der Waals surface area contributed by atoms with Crippen LogP contribution in [-0.4, -0.2) is 46.9 Å². The van der Waals surface area contributed by atoms with Crippen LogP contribution in [0.25, 0.3) is 0 Å². The zero-order chi connectivity index (χ0) is 21.4. The normalized spacial score (nSPS) is 12.1. The molecule has 9 heteroatoms. The van der Waals surface area contributed by atoms with Gasteiger partial charge in [-0.25, -0.2) is 8.42 Å². The minimum atomic E-state index is -3.68. The molecule has 0 spiro atoms. The van der Waals surface area contributed by atoms with Gasteiger partial charge in [0, 0.05) is 11.1 Å². The van der Waals surface area contributed by atoms with E-state index in [-0.39, 0.29) is 13.2 Å². The van der Waals surface area contributed by atoms with Crippen LogP contribution in [0.4, 0.5) is 5.69 Å². The average Bonchev–Trinajstić information content (AvgIpc) is 2.69. The molecule has 7 nitrogen and oxygen atoms in total. The van der Waals surface area contributed by atoms with E-state index in [1.165, 1.54) is 0 Å². The lowest BCUT2D eigenvalue weighted by Crippen LogP contribution is -2.50. The molecule has 0 aromatic heterocycles. The topological polar surface area (TPSA) is 84.9 Å². The number of carbonyl (C=O) groups is 1. The van der Waals surface area contributed by atoms with Gasteiger partial charge in [-0.15, -0.1) is 0 Å². The van der Waals surface area contributed by atoms with Crippen LogP contribution < -0.4 is 19.1 Å². The van der Waals surface area contributed by atoms with Crippen LogP contribution in [0, 0.1) is 0 Å². The number of hydrogen-bond acceptors (Lipinski definition) is 5. The maximum atomic E-state index is 12.7. The standard InChI is InChI=1S/C20H25ClN2O5S/c1-4-19(23(29(3,25)26)16-10-8-15(21)9-11-16)20(24)22-12-13-28-18-7-5-6-17(14-18)27-2/h5-11,14,19H,4,12-13H2,1-3H3,(H,22,24). The highest BCUT2D eigenvalue weighted by atomic mass is 35.5. The number of halogens is 1. The highest BCUT2D eigenvalue weighted by molar-refractivity contribution is 7.92. The molecule has 2 aromatic carbocycles. The monoisotopic (exact) mass is 440 g/mol. The molecule has 0 bridgehead atoms. The predicted octanol–water partition coefficient (Wildman–Crippen LogP) is 3.09. The van der Waals surface area contributed by atoms with Crippen LogP contribution in [0.3, 0.4) is 0 Å². The van der Waals surface area contributed by atoms with Gasteiger partial charge in [0.25, 0.3) is 0 Å². The largest absolute Gasteiger partial charge is 0.497 e. The molecule has 0 fully saturated rings. The Bertz CT molecular complexity index is 919. The van der Waals surface area contributed by atoms with Crippen molar-refractivity contribution >= 4 is 33.2 Å². The molecular formula is C20H25ClN2O5S. The maximum absolute atomic E-state index is 12.7. The zero-order valence-corrected chi connectivity index (χ0v) is 18.2. The lowest BCUT2D eigenvalue weighted by atomic mass is 10.2. The molecule has 0 radical (unpaired) electrons. The van der Waals surface area contributed by atoms with Crippen LogP contribution in [0.2, 0.25) is 5.02 Å². The minimum absolute atomic E-state index is 0.227. The molecule has 158 valence electrons. The van der Waals surface area contributed by atoms with E-state index < -0.39 is 22.0 Å². The smallest absolute Gasteiger partial charge is 0.244 e. The first-order valence-electron chi connectivity index (χ1n) is 9.05. The fraction of sp³-hybridized carbons (Fsp3) is 0.350. The van der Waals surface area contributed by atoms with Gasteiger partial charge < -0.3 is 14.8 Å². The van der Waals surface area contributed by atoms with Crippen molar-refractivity contribution in [3.63, 3.8) is 0 Å². The number of sulfonamides is 1. The number of anilines is 1. The molecule has 0 aliphatic heterocycles. The van der Waals surface area contributed by atoms with Crippen molar-refractivity contribution in [1.29, 1.82) is 0 Å². The van der Waals surface area contributed by atoms with Gasteiger partial charge in [-0.3, -0.25) is 9.10 Å². The molecule has 0 heterocycles. The first-order valence-corrected chi connectivity index (χ1v) is 11.3. The van der Waals surface area contributed by atoms with E-state index in [0.717, 1.165) is 10.6 Å². The van der Waals surface area contributed by atoms with E-state index in [1.54, 1.807) is 62.6 Å². The SMILES string of the molecule is CCC(C(=O)NCCOc1cccc(OC)c1)N(c1ccc(Cl)cc1)S(C)(=O)=O. The summed E-state index contributed by atoms with van der Waals surface area (Å²) in [5, 5.41) is 3.22. The fourth-order valence-corrected chi connectivity index (χ4v) is 4.14. The van der Waals surface area contributed by atoms with Crippen molar-refractivity contribution in [2.45, 2.75) is 19.4 Å². The molecule has 2 rings (SSSR count). The molecule has 1 atom stereocenters. The summed E-state index contributed by atoms with van der Waals surface area (Å²) in [6, 6.07) is 12.6. The van der Waals surface area contributed by atoms with Gasteiger partial charge in [0.2, 0.25) is 15.9 Å². The molecule has 29 heavy (non-hydrogen) atoms. The molecule has 0 saturated heterocycles. The van der Waals surface area contributed by atoms with Gasteiger partial charge in [-0.05, 0) is 42.8 Å². The van der Waals surface area contributed by atoms with Crippen molar-refractivity contribution in [2.24, 2.45) is 0 Å². The van der Waals surface area contributed by atoms with Crippen molar-refractivity contribution in [3.8, 4) is 11.5 Å². The van der Waals surface area contributed by atoms with E-state index in [9.17, 15) is 13.2 Å². The number of nitrogens with zero attached hydrogens (tertiary/aromatic N) is 1. The summed E-state index contributed by atoms with van der Waals surface area (Å²) in [5.41, 5.74) is 0.381. The Morgan fingerprint density at radius 3 is 2.41 bits per heavy atom. The van der Waals surface area contributed by atoms with Crippen LogP contribution in [0.5, 0.6) is 11.5 Å². The molecule has 1 unspecified atom stereocenters. The number of carbonyl (C=O) groups excluding carboxylic acids is 1. The zero-order valence-electron chi connectivity index (χ0n) is 16.6. The van der Waals surface area contributed by atoms with Crippen molar-refractivity contribution in [3.05, 3.63) is 53.6 Å². The number of rotatable bonds is 10. The minimum Gasteiger partial charge on any atom is -0.497 e. The van der Waals surface area contributed by atoms with Gasteiger partial charge in [0.1, 0.15) is 24.1 Å². The highest BCUT2D eigenvalue weighted by Crippen LogP contribution is 2.24. The van der Waals surface area contributed by atoms with Crippen molar-refractivity contribution < 1.29 is 22.7 Å². The van der Waals surface area contributed by atoms with Gasteiger partial charge >= 0.3 is 0 Å². The Hall–Kier alpha value is -2.45. The molecule has 0 aliphatic carbocycles. The number of nitrogens with one attached hydrogen (secondary N) is 1. The number of hydrogen-bond donors (Lipinski definition) is 1. The van der Waals surface area contributed by atoms with E-state index in [0.29, 0.717) is 28.6 Å². The summed E-state index contributed by atoms with van der Waals surface area (Å²) in [4.78, 5) is 12.7. The molecular weight excluding hydrogens is 416 g/mol. The fourth-order valence-electron chi connectivity index (χ4n) is 2.80. The van der Waals surface area contributed by atoms with Gasteiger partial charge in [-0.2, -0.15) is 0 Å². The lowest BCUT2D eigenvalue weighted by molar-refractivity contribution is -0.122. The second-order valence-electron chi connectivity index (χ2n) is 6.28. The van der Waals surface area contributed by atoms with Crippen LogP contribution in [-0.2, 0) is 14.8 Å². The third kappa shape index (κ3) is 6.54. The summed E-state index contributed by atoms with van der Waals surface area (Å²) < 4.78 is 36.6. The third-order valence-electron chi connectivity index (χ3n) is 4.12. The quantitative estimate of drug-likeness (QED) is 0.574. The third-order valence-corrected chi connectivity index (χ3v) is 5.55. The Morgan fingerprint density at radius 2 is 1.83 bits per heavy atom. The first-order chi connectivity index (χ1) is 13.8. The first kappa shape index (κ1) is 22.8. The van der Waals surface area contributed by atoms with E-state index in [2.05, 4.69) is 5.32 Å². The molecule has 2 aromatic rings. The summed E-state index contributed by atoms with van der Waals surface area (Å²) >= 11 is 5.89. The Morgan fingerprint density at radius 1 is 1.17 bits per heavy atom. The molecule has 0 saturated carbocycles. The summed E-state index contributed by atoms with van der Waals surface area (Å²) in [7, 11) is -2.12. The second kappa shape index (κ2) is 10.4. The Labute approximate surface area is 176 Å². The van der Waals surface area contributed by atoms with E-state index in [1.807, 2.05) is 0 Å². The Balaban J connectivity index is 2.02. The number of ether oxygens (including phenoxy) is 2. The summed E-state index contributed by atoms with van der Waals surface area (Å²) in [6.07, 6.45) is 1.38. The van der Waals surface area contributed by atoms with Crippen LogP contribution >= 0.6 is 11.6 Å². The van der Waals surface area contributed by atoms with Crippen molar-refractivity contribution in [1.82, 2.24) is 5.32 Å². The van der Waals surface area contributed by atoms with E-state index in [4.69, 9.17) is 21.1 Å². The molecule has 1 N–H and O–H groups in total. The number of methoxy groups -OCH3 is 1. The summed E-state index contributed by atoms with van der Waals surface area (Å²) in [6.45, 7) is 2.21. The van der Waals surface area contributed by atoms with Crippen LogP contribution in [0.1, 0.15) is 13.3 Å². The van der Waals surface area contributed by atoms with Gasteiger partial charge in [0.05, 0.1) is 25.6 Å². The predicted molar refractivity (Wildman–Crippen MR) is 114 cm³/mol. The lowest BCUT2D eigenvalue weighted by Gasteiger charge is -2.30. The molecule has 0 aliphatic rings. The second-order valence-corrected chi connectivity index (χ2v) is 8.57. The highest BCUT2D eigenvalue weighted by Gasteiger charge is 2.31. The Kier molecular flexibility index (Phi) is 8.16. The van der Waals surface area contributed by atoms with Crippen LogP contribution in [0.15, 0.2) is 48.5 Å². The van der Waals surface area contributed by atoms with Gasteiger partial charge in [0.15, 0.2) is 0 Å². The maximum Gasteiger partial charge on any atom is 0.244 e.